The SMILES string of the molecule is N#CCOc1nc(-c2cccs2)cc(-c2ccco2)c1C#N. The Labute approximate surface area is 130 Å². The van der Waals surface area contributed by atoms with Crippen molar-refractivity contribution in [1.82, 2.24) is 4.98 Å². The fourth-order valence-corrected chi connectivity index (χ4v) is 2.70. The van der Waals surface area contributed by atoms with Gasteiger partial charge in [-0.3, -0.25) is 0 Å². The first-order valence-electron chi connectivity index (χ1n) is 6.36. The van der Waals surface area contributed by atoms with Gasteiger partial charge in [-0.1, -0.05) is 6.07 Å². The van der Waals surface area contributed by atoms with Crippen LogP contribution in [0.2, 0.25) is 0 Å². The summed E-state index contributed by atoms with van der Waals surface area (Å²) in [6, 6.07) is 13.1. The van der Waals surface area contributed by atoms with Crippen LogP contribution >= 0.6 is 11.3 Å². The van der Waals surface area contributed by atoms with E-state index in [-0.39, 0.29) is 18.1 Å². The first kappa shape index (κ1) is 13.9. The number of nitriles is 2. The molecule has 0 aromatic carbocycles. The molecule has 3 aromatic rings. The third kappa shape index (κ3) is 2.56. The summed E-state index contributed by atoms with van der Waals surface area (Å²) in [5, 5.41) is 20.1. The van der Waals surface area contributed by atoms with Gasteiger partial charge in [0.05, 0.1) is 16.8 Å². The summed E-state index contributed by atoms with van der Waals surface area (Å²) in [4.78, 5) is 5.31. The molecule has 3 aromatic heterocycles. The molecule has 0 aliphatic heterocycles. The van der Waals surface area contributed by atoms with E-state index in [1.807, 2.05) is 23.6 Å². The van der Waals surface area contributed by atoms with Crippen LogP contribution in [0.15, 0.2) is 46.4 Å². The Kier molecular flexibility index (Phi) is 3.86. The molecule has 22 heavy (non-hydrogen) atoms. The van der Waals surface area contributed by atoms with E-state index in [1.165, 1.54) is 17.6 Å². The summed E-state index contributed by atoms with van der Waals surface area (Å²) < 4.78 is 10.7. The number of ether oxygens (including phenoxy) is 1. The lowest BCUT2D eigenvalue weighted by molar-refractivity contribution is 0.353. The molecular formula is C16H9N3O2S. The van der Waals surface area contributed by atoms with Crippen LogP contribution < -0.4 is 4.74 Å². The number of hydrogen-bond acceptors (Lipinski definition) is 6. The Morgan fingerprint density at radius 3 is 2.82 bits per heavy atom. The standard InChI is InChI=1S/C16H9N3O2S/c17-5-7-21-16-12(10-18)11(14-3-1-6-20-14)9-13(19-16)15-4-2-8-22-15/h1-4,6,8-9H,7H2. The van der Waals surface area contributed by atoms with E-state index in [0.29, 0.717) is 17.0 Å². The molecule has 6 heteroatoms. The van der Waals surface area contributed by atoms with Crippen LogP contribution in [0, 0.1) is 22.7 Å². The van der Waals surface area contributed by atoms with Gasteiger partial charge in [0, 0.05) is 5.56 Å². The Morgan fingerprint density at radius 1 is 1.27 bits per heavy atom. The van der Waals surface area contributed by atoms with Gasteiger partial charge in [0.25, 0.3) is 0 Å². The molecule has 0 unspecified atom stereocenters. The molecule has 0 aliphatic carbocycles. The first-order chi connectivity index (χ1) is 10.8. The topological polar surface area (TPSA) is 82.8 Å². The highest BCUT2D eigenvalue weighted by Crippen LogP contribution is 2.34. The number of aromatic nitrogens is 1. The van der Waals surface area contributed by atoms with E-state index in [9.17, 15) is 5.26 Å². The molecule has 0 spiro atoms. The Balaban J connectivity index is 2.21. The molecular weight excluding hydrogens is 298 g/mol. The van der Waals surface area contributed by atoms with Gasteiger partial charge in [-0.05, 0) is 29.6 Å². The third-order valence-electron chi connectivity index (χ3n) is 2.93. The van der Waals surface area contributed by atoms with E-state index in [0.717, 1.165) is 4.88 Å². The van der Waals surface area contributed by atoms with Gasteiger partial charge in [-0.25, -0.2) is 4.98 Å². The quantitative estimate of drug-likeness (QED) is 0.731. The number of nitrogens with zero attached hydrogens (tertiary/aromatic N) is 3. The van der Waals surface area contributed by atoms with Crippen molar-refractivity contribution in [3.63, 3.8) is 0 Å². The predicted molar refractivity (Wildman–Crippen MR) is 81.1 cm³/mol. The zero-order valence-electron chi connectivity index (χ0n) is 11.3. The molecule has 3 heterocycles. The minimum absolute atomic E-state index is 0.140. The van der Waals surface area contributed by atoms with Crippen molar-refractivity contribution in [2.45, 2.75) is 0 Å². The lowest BCUT2D eigenvalue weighted by Crippen LogP contribution is -2.01. The summed E-state index contributed by atoms with van der Waals surface area (Å²) in [5.74, 6) is 0.694. The highest BCUT2D eigenvalue weighted by atomic mass is 32.1. The summed E-state index contributed by atoms with van der Waals surface area (Å²) in [6.07, 6.45) is 1.54. The summed E-state index contributed by atoms with van der Waals surface area (Å²) >= 11 is 1.53. The molecule has 106 valence electrons. The van der Waals surface area contributed by atoms with Gasteiger partial charge >= 0.3 is 0 Å². The summed E-state index contributed by atoms with van der Waals surface area (Å²) in [6.45, 7) is -0.173. The third-order valence-corrected chi connectivity index (χ3v) is 3.82. The highest BCUT2D eigenvalue weighted by molar-refractivity contribution is 7.13. The summed E-state index contributed by atoms with van der Waals surface area (Å²) in [7, 11) is 0. The zero-order valence-corrected chi connectivity index (χ0v) is 12.1. The van der Waals surface area contributed by atoms with Crippen molar-refractivity contribution >= 4 is 11.3 Å². The van der Waals surface area contributed by atoms with E-state index in [2.05, 4.69) is 11.1 Å². The maximum absolute atomic E-state index is 9.43. The molecule has 0 N–H and O–H groups in total. The van der Waals surface area contributed by atoms with Crippen LogP contribution in [0.25, 0.3) is 21.9 Å². The fourth-order valence-electron chi connectivity index (χ4n) is 2.01. The van der Waals surface area contributed by atoms with Crippen LogP contribution in [0.5, 0.6) is 5.88 Å². The smallest absolute Gasteiger partial charge is 0.234 e. The lowest BCUT2D eigenvalue weighted by atomic mass is 10.1. The largest absolute Gasteiger partial charge is 0.464 e. The minimum atomic E-state index is -0.173. The number of pyridine rings is 1. The molecule has 0 radical (unpaired) electrons. The van der Waals surface area contributed by atoms with Crippen molar-refractivity contribution < 1.29 is 9.15 Å². The van der Waals surface area contributed by atoms with Crippen molar-refractivity contribution in [3.05, 3.63) is 47.5 Å². The van der Waals surface area contributed by atoms with Crippen molar-refractivity contribution in [2.75, 3.05) is 6.61 Å². The second-order valence-electron chi connectivity index (χ2n) is 4.25. The molecule has 0 aliphatic rings. The molecule has 0 bridgehead atoms. The lowest BCUT2D eigenvalue weighted by Gasteiger charge is -2.09. The highest BCUT2D eigenvalue weighted by Gasteiger charge is 2.18. The molecule has 0 saturated heterocycles. The second kappa shape index (κ2) is 6.13. The Hall–Kier alpha value is -3.09. The van der Waals surface area contributed by atoms with Gasteiger partial charge < -0.3 is 9.15 Å². The maximum Gasteiger partial charge on any atom is 0.234 e. The van der Waals surface area contributed by atoms with Gasteiger partial charge in [-0.2, -0.15) is 10.5 Å². The average molecular weight is 307 g/mol. The summed E-state index contributed by atoms with van der Waals surface area (Å²) in [5.41, 5.74) is 1.53. The van der Waals surface area contributed by atoms with Crippen LogP contribution in [-0.4, -0.2) is 11.6 Å². The maximum atomic E-state index is 9.43. The second-order valence-corrected chi connectivity index (χ2v) is 5.20. The number of thiophene rings is 1. The molecule has 3 rings (SSSR count). The molecule has 0 amide bonds. The first-order valence-corrected chi connectivity index (χ1v) is 7.24. The van der Waals surface area contributed by atoms with Gasteiger partial charge in [0.15, 0.2) is 6.61 Å². The van der Waals surface area contributed by atoms with Gasteiger partial charge in [0.1, 0.15) is 23.5 Å². The van der Waals surface area contributed by atoms with E-state index in [4.69, 9.17) is 14.4 Å². The number of hydrogen-bond donors (Lipinski definition) is 0. The average Bonchev–Trinajstić information content (AvgIpc) is 3.24. The molecule has 5 nitrogen and oxygen atoms in total. The molecule has 0 atom stereocenters. The van der Waals surface area contributed by atoms with Gasteiger partial charge in [-0.15, -0.1) is 11.3 Å². The Morgan fingerprint density at radius 2 is 2.18 bits per heavy atom. The zero-order chi connectivity index (χ0) is 15.4. The van der Waals surface area contributed by atoms with Crippen molar-refractivity contribution in [1.29, 1.82) is 10.5 Å². The van der Waals surface area contributed by atoms with Crippen LogP contribution in [0.4, 0.5) is 0 Å². The Bertz CT molecular complexity index is 856. The van der Waals surface area contributed by atoms with Crippen molar-refractivity contribution in [2.24, 2.45) is 0 Å². The van der Waals surface area contributed by atoms with Crippen LogP contribution in [-0.2, 0) is 0 Å². The monoisotopic (exact) mass is 307 g/mol. The van der Waals surface area contributed by atoms with E-state index < -0.39 is 0 Å². The van der Waals surface area contributed by atoms with Crippen LogP contribution in [0.3, 0.4) is 0 Å². The normalized spacial score (nSPS) is 9.91. The predicted octanol–water partition coefficient (Wildman–Crippen LogP) is 3.84. The van der Waals surface area contributed by atoms with Crippen molar-refractivity contribution in [3.8, 4) is 39.9 Å². The number of furan rings is 1. The minimum Gasteiger partial charge on any atom is -0.464 e. The van der Waals surface area contributed by atoms with E-state index in [1.54, 1.807) is 18.2 Å². The number of rotatable bonds is 4. The molecule has 0 saturated carbocycles. The van der Waals surface area contributed by atoms with Gasteiger partial charge in [0.2, 0.25) is 5.88 Å². The molecule has 0 fully saturated rings. The van der Waals surface area contributed by atoms with Crippen LogP contribution in [0.1, 0.15) is 5.56 Å². The fraction of sp³-hybridized carbons (Fsp3) is 0.0625. The van der Waals surface area contributed by atoms with E-state index >= 15 is 0 Å².